The lowest BCUT2D eigenvalue weighted by Crippen LogP contribution is -2.47. The number of piperidine rings is 2. The zero-order valence-corrected chi connectivity index (χ0v) is 14.5. The number of hydrogen-bond donors (Lipinski definition) is 0. The molecule has 0 bridgehead atoms. The molecule has 2 atom stereocenters. The fraction of sp³-hybridized carbons (Fsp3) is 0.824. The lowest BCUT2D eigenvalue weighted by molar-refractivity contribution is -0.139. The van der Waals surface area contributed by atoms with Crippen molar-refractivity contribution in [1.82, 2.24) is 19.9 Å². The fourth-order valence-electron chi connectivity index (χ4n) is 3.69. The highest BCUT2D eigenvalue weighted by Gasteiger charge is 2.33. The van der Waals surface area contributed by atoms with Crippen LogP contribution in [0.4, 0.5) is 0 Å². The Balaban J connectivity index is 1.60. The van der Waals surface area contributed by atoms with Gasteiger partial charge in [0.25, 0.3) is 0 Å². The Labute approximate surface area is 138 Å². The van der Waals surface area contributed by atoms with Gasteiger partial charge in [-0.3, -0.25) is 9.69 Å². The molecule has 0 saturated carbocycles. The Kier molecular flexibility index (Phi) is 4.99. The largest absolute Gasteiger partial charge is 0.342 e. The average Bonchev–Trinajstić information content (AvgIpc) is 3.01. The molecule has 2 saturated heterocycles. The van der Waals surface area contributed by atoms with E-state index in [1.54, 1.807) is 0 Å². The van der Waals surface area contributed by atoms with Crippen LogP contribution in [0.25, 0.3) is 0 Å². The molecular formula is C17H28N4O2. The predicted octanol–water partition coefficient (Wildman–Crippen LogP) is 2.41. The summed E-state index contributed by atoms with van der Waals surface area (Å²) < 4.78 is 5.31. The molecule has 2 aliphatic rings. The molecule has 0 aliphatic carbocycles. The van der Waals surface area contributed by atoms with Crippen LogP contribution in [0, 0.1) is 18.8 Å². The van der Waals surface area contributed by atoms with Gasteiger partial charge in [-0.1, -0.05) is 12.1 Å². The third kappa shape index (κ3) is 3.74. The minimum atomic E-state index is 0.0770. The van der Waals surface area contributed by atoms with E-state index in [-0.39, 0.29) is 12.0 Å². The quantitative estimate of drug-likeness (QED) is 0.856. The summed E-state index contributed by atoms with van der Waals surface area (Å²) in [6.07, 6.45) is 4.33. The number of hydrogen-bond acceptors (Lipinski definition) is 5. The molecule has 3 heterocycles. The number of rotatable bonds is 3. The van der Waals surface area contributed by atoms with Crippen LogP contribution in [0.1, 0.15) is 57.3 Å². The maximum absolute atomic E-state index is 12.8. The van der Waals surface area contributed by atoms with Gasteiger partial charge in [0, 0.05) is 19.6 Å². The number of likely N-dealkylation sites (tertiary alicyclic amines) is 2. The number of aromatic nitrogens is 2. The van der Waals surface area contributed by atoms with Crippen molar-refractivity contribution < 1.29 is 9.32 Å². The van der Waals surface area contributed by atoms with Crippen LogP contribution in [0.15, 0.2) is 4.52 Å². The van der Waals surface area contributed by atoms with E-state index in [1.165, 1.54) is 0 Å². The maximum atomic E-state index is 12.8. The van der Waals surface area contributed by atoms with E-state index in [4.69, 9.17) is 4.52 Å². The van der Waals surface area contributed by atoms with E-state index in [9.17, 15) is 4.79 Å². The van der Waals surface area contributed by atoms with Gasteiger partial charge in [0.1, 0.15) is 0 Å². The number of carbonyl (C=O) groups excluding carboxylic acids is 1. The molecular weight excluding hydrogens is 292 g/mol. The van der Waals surface area contributed by atoms with E-state index in [0.29, 0.717) is 17.6 Å². The summed E-state index contributed by atoms with van der Waals surface area (Å²) in [5, 5.41) is 3.88. The lowest BCUT2D eigenvalue weighted by atomic mass is 9.93. The highest BCUT2D eigenvalue weighted by molar-refractivity contribution is 5.79. The van der Waals surface area contributed by atoms with Gasteiger partial charge in [0.2, 0.25) is 11.8 Å². The van der Waals surface area contributed by atoms with Gasteiger partial charge in [-0.05, 0) is 52.0 Å². The molecule has 0 aromatic carbocycles. The maximum Gasteiger partial charge on any atom is 0.243 e. The molecule has 1 amide bonds. The number of amides is 1. The van der Waals surface area contributed by atoms with Crippen LogP contribution in [0.3, 0.4) is 0 Å². The second kappa shape index (κ2) is 6.99. The SMILES string of the molecule is Cc1noc([C@H](C)N2CCC[C@@H](C(=O)N3CCC(C)CC3)C2)n1. The Morgan fingerprint density at radius 2 is 2.00 bits per heavy atom. The molecule has 2 aliphatic heterocycles. The van der Waals surface area contributed by atoms with E-state index in [2.05, 4.69) is 33.8 Å². The molecule has 1 aromatic rings. The van der Waals surface area contributed by atoms with Crippen molar-refractivity contribution in [3.05, 3.63) is 11.7 Å². The third-order valence-electron chi connectivity index (χ3n) is 5.35. The number of aryl methyl sites for hydroxylation is 1. The van der Waals surface area contributed by atoms with Crippen molar-refractivity contribution in [2.45, 2.75) is 52.5 Å². The lowest BCUT2D eigenvalue weighted by Gasteiger charge is -2.38. The highest BCUT2D eigenvalue weighted by Crippen LogP contribution is 2.28. The zero-order valence-electron chi connectivity index (χ0n) is 14.5. The Bertz CT molecular complexity index is 536. The van der Waals surface area contributed by atoms with Gasteiger partial charge in [-0.25, -0.2) is 0 Å². The first-order valence-corrected chi connectivity index (χ1v) is 8.87. The predicted molar refractivity (Wildman–Crippen MR) is 86.7 cm³/mol. The molecule has 23 heavy (non-hydrogen) atoms. The van der Waals surface area contributed by atoms with E-state index in [0.717, 1.165) is 57.8 Å². The molecule has 2 fully saturated rings. The highest BCUT2D eigenvalue weighted by atomic mass is 16.5. The van der Waals surface area contributed by atoms with Crippen molar-refractivity contribution in [3.63, 3.8) is 0 Å². The monoisotopic (exact) mass is 320 g/mol. The van der Waals surface area contributed by atoms with Gasteiger partial charge in [-0.2, -0.15) is 4.98 Å². The topological polar surface area (TPSA) is 62.5 Å². The van der Waals surface area contributed by atoms with Crippen molar-refractivity contribution >= 4 is 5.91 Å². The fourth-order valence-corrected chi connectivity index (χ4v) is 3.69. The molecule has 0 spiro atoms. The smallest absolute Gasteiger partial charge is 0.243 e. The van der Waals surface area contributed by atoms with E-state index in [1.807, 2.05) is 6.92 Å². The van der Waals surface area contributed by atoms with Gasteiger partial charge in [-0.15, -0.1) is 0 Å². The van der Waals surface area contributed by atoms with Gasteiger partial charge < -0.3 is 9.42 Å². The van der Waals surface area contributed by atoms with Crippen LogP contribution >= 0.6 is 0 Å². The Hall–Kier alpha value is -1.43. The standard InChI is InChI=1S/C17H28N4O2/c1-12-6-9-20(10-7-12)17(22)15-5-4-8-21(11-15)13(2)16-18-14(3)19-23-16/h12-13,15H,4-11H2,1-3H3/t13-,15+/m0/s1. The second-order valence-electron chi connectivity index (χ2n) is 7.20. The summed E-state index contributed by atoms with van der Waals surface area (Å²) in [5.41, 5.74) is 0. The summed E-state index contributed by atoms with van der Waals surface area (Å²) in [7, 11) is 0. The molecule has 1 aromatic heterocycles. The third-order valence-corrected chi connectivity index (χ3v) is 5.35. The van der Waals surface area contributed by atoms with Crippen molar-refractivity contribution in [3.8, 4) is 0 Å². The number of carbonyl (C=O) groups is 1. The molecule has 6 heteroatoms. The second-order valence-corrected chi connectivity index (χ2v) is 7.20. The zero-order chi connectivity index (χ0) is 16.4. The van der Waals surface area contributed by atoms with Crippen molar-refractivity contribution in [2.75, 3.05) is 26.2 Å². The van der Waals surface area contributed by atoms with Crippen LogP contribution in [0.2, 0.25) is 0 Å². The first-order chi connectivity index (χ1) is 11.0. The Morgan fingerprint density at radius 3 is 2.65 bits per heavy atom. The molecule has 0 radical (unpaired) electrons. The molecule has 0 N–H and O–H groups in total. The van der Waals surface area contributed by atoms with Crippen LogP contribution in [0.5, 0.6) is 0 Å². The van der Waals surface area contributed by atoms with Gasteiger partial charge in [0.05, 0.1) is 12.0 Å². The summed E-state index contributed by atoms with van der Waals surface area (Å²) in [6.45, 7) is 9.83. The first kappa shape index (κ1) is 16.4. The van der Waals surface area contributed by atoms with Gasteiger partial charge in [0.15, 0.2) is 5.82 Å². The number of nitrogens with zero attached hydrogens (tertiary/aromatic N) is 4. The van der Waals surface area contributed by atoms with E-state index < -0.39 is 0 Å². The van der Waals surface area contributed by atoms with Gasteiger partial charge >= 0.3 is 0 Å². The van der Waals surface area contributed by atoms with Crippen molar-refractivity contribution in [2.24, 2.45) is 11.8 Å². The molecule has 0 unspecified atom stereocenters. The molecule has 128 valence electrons. The van der Waals surface area contributed by atoms with Crippen LogP contribution in [-0.2, 0) is 4.79 Å². The van der Waals surface area contributed by atoms with Crippen LogP contribution in [-0.4, -0.2) is 52.0 Å². The van der Waals surface area contributed by atoms with Crippen molar-refractivity contribution in [1.29, 1.82) is 0 Å². The minimum Gasteiger partial charge on any atom is -0.342 e. The average molecular weight is 320 g/mol. The summed E-state index contributed by atoms with van der Waals surface area (Å²) in [5.74, 6) is 2.53. The summed E-state index contributed by atoms with van der Waals surface area (Å²) in [4.78, 5) is 21.5. The minimum absolute atomic E-state index is 0.0770. The molecule has 3 rings (SSSR count). The van der Waals surface area contributed by atoms with E-state index >= 15 is 0 Å². The van der Waals surface area contributed by atoms with Crippen LogP contribution < -0.4 is 0 Å². The normalized spacial score (nSPS) is 25.5. The summed E-state index contributed by atoms with van der Waals surface area (Å²) in [6, 6.07) is 0.0770. The summed E-state index contributed by atoms with van der Waals surface area (Å²) >= 11 is 0. The Morgan fingerprint density at radius 1 is 1.26 bits per heavy atom. The first-order valence-electron chi connectivity index (χ1n) is 8.87. The molecule has 6 nitrogen and oxygen atoms in total.